The normalized spacial score (nSPS) is 9.73. The van der Waals surface area contributed by atoms with Crippen LogP contribution in [0.15, 0.2) is 24.5 Å². The van der Waals surface area contributed by atoms with Gasteiger partial charge in [-0.15, -0.1) is 0 Å². The van der Waals surface area contributed by atoms with Crippen molar-refractivity contribution < 1.29 is 14.1 Å². The minimum atomic E-state index is -0.371. The second-order valence-electron chi connectivity index (χ2n) is 3.11. The van der Waals surface area contributed by atoms with Crippen LogP contribution in [0.5, 0.6) is 0 Å². The zero-order chi connectivity index (χ0) is 11.1. The number of hydrogen-bond acceptors (Lipinski definition) is 2. The summed E-state index contributed by atoms with van der Waals surface area (Å²) >= 11 is 0. The van der Waals surface area contributed by atoms with Gasteiger partial charge in [-0.3, -0.25) is 0 Å². The maximum Gasteiger partial charge on any atom is 0.407 e. The zero-order valence-corrected chi connectivity index (χ0v) is 9.19. The molecule has 0 saturated heterocycles. The van der Waals surface area contributed by atoms with Gasteiger partial charge in [-0.2, -0.15) is 0 Å². The molecule has 0 radical (unpaired) electrons. The quantitative estimate of drug-likeness (QED) is 0.758. The monoisotopic (exact) mass is 209 g/mol. The molecule has 0 fully saturated rings. The molecule has 0 atom stereocenters. The van der Waals surface area contributed by atoms with Gasteiger partial charge in [0.25, 0.3) is 0 Å². The fraction of sp³-hybridized carbons (Fsp3) is 0.455. The topological polar surface area (TPSA) is 42.2 Å². The van der Waals surface area contributed by atoms with Crippen LogP contribution in [0.3, 0.4) is 0 Å². The number of aromatic nitrogens is 1. The van der Waals surface area contributed by atoms with Gasteiger partial charge >= 0.3 is 6.09 Å². The summed E-state index contributed by atoms with van der Waals surface area (Å²) in [6, 6.07) is 3.96. The minimum absolute atomic E-state index is 0.371. The molecule has 1 heterocycles. The van der Waals surface area contributed by atoms with Crippen molar-refractivity contribution in [2.24, 2.45) is 0 Å². The van der Waals surface area contributed by atoms with Crippen molar-refractivity contribution in [2.45, 2.75) is 26.9 Å². The van der Waals surface area contributed by atoms with Gasteiger partial charge in [0, 0.05) is 18.7 Å². The Morgan fingerprint density at radius 2 is 2.07 bits per heavy atom. The molecule has 0 aliphatic rings. The first-order valence-electron chi connectivity index (χ1n) is 5.14. The Labute approximate surface area is 89.9 Å². The second-order valence-corrected chi connectivity index (χ2v) is 3.11. The minimum Gasteiger partial charge on any atom is -0.450 e. The first-order valence-corrected chi connectivity index (χ1v) is 5.14. The van der Waals surface area contributed by atoms with Crippen molar-refractivity contribution in [2.75, 3.05) is 6.61 Å². The van der Waals surface area contributed by atoms with Crippen molar-refractivity contribution in [1.82, 2.24) is 5.32 Å². The highest BCUT2D eigenvalue weighted by Gasteiger charge is 2.01. The molecule has 0 saturated carbocycles. The van der Waals surface area contributed by atoms with Crippen molar-refractivity contribution >= 4 is 6.09 Å². The molecule has 82 valence electrons. The average molecular weight is 209 g/mol. The Balaban J connectivity index is 2.40. The van der Waals surface area contributed by atoms with Crippen molar-refractivity contribution in [3.05, 3.63) is 30.1 Å². The van der Waals surface area contributed by atoms with E-state index in [4.69, 9.17) is 4.74 Å². The fourth-order valence-electron chi connectivity index (χ4n) is 1.17. The predicted molar refractivity (Wildman–Crippen MR) is 56.2 cm³/mol. The molecule has 0 spiro atoms. The first-order chi connectivity index (χ1) is 7.26. The molecule has 0 aliphatic carbocycles. The fourth-order valence-corrected chi connectivity index (χ4v) is 1.17. The number of nitrogens with zero attached hydrogens (tertiary/aromatic N) is 1. The Hall–Kier alpha value is -1.58. The number of carbonyl (C=O) groups is 1. The van der Waals surface area contributed by atoms with E-state index in [0.717, 1.165) is 12.1 Å². The van der Waals surface area contributed by atoms with Crippen LogP contribution in [0, 0.1) is 0 Å². The summed E-state index contributed by atoms with van der Waals surface area (Å²) in [6.45, 7) is 5.72. The van der Waals surface area contributed by atoms with Crippen LogP contribution in [0.25, 0.3) is 0 Å². The molecular formula is C11H17N2O2+. The number of ether oxygens (including phenoxy) is 1. The van der Waals surface area contributed by atoms with Crippen LogP contribution in [-0.4, -0.2) is 12.7 Å². The maximum absolute atomic E-state index is 11.0. The molecule has 1 aromatic rings. The molecule has 1 rings (SSSR count). The van der Waals surface area contributed by atoms with E-state index < -0.39 is 0 Å². The Morgan fingerprint density at radius 1 is 1.40 bits per heavy atom. The van der Waals surface area contributed by atoms with E-state index in [1.807, 2.05) is 24.5 Å². The molecule has 4 nitrogen and oxygen atoms in total. The van der Waals surface area contributed by atoms with Crippen LogP contribution in [0.4, 0.5) is 4.79 Å². The summed E-state index contributed by atoms with van der Waals surface area (Å²) in [7, 11) is 0. The predicted octanol–water partition coefficient (Wildman–Crippen LogP) is 1.24. The van der Waals surface area contributed by atoms with E-state index in [0.29, 0.717) is 13.2 Å². The zero-order valence-electron chi connectivity index (χ0n) is 9.19. The highest BCUT2D eigenvalue weighted by atomic mass is 16.5. The average Bonchev–Trinajstić information content (AvgIpc) is 2.27. The summed E-state index contributed by atoms with van der Waals surface area (Å²) in [5, 5.41) is 2.67. The number of nitrogens with one attached hydrogen (secondary N) is 1. The second kappa shape index (κ2) is 6.01. The van der Waals surface area contributed by atoms with Gasteiger partial charge in [0.05, 0.1) is 6.61 Å². The van der Waals surface area contributed by atoms with Gasteiger partial charge in [0.2, 0.25) is 0 Å². The Morgan fingerprint density at radius 3 is 2.60 bits per heavy atom. The van der Waals surface area contributed by atoms with Crippen molar-refractivity contribution in [3.8, 4) is 0 Å². The lowest BCUT2D eigenvalue weighted by atomic mass is 10.3. The molecular weight excluding hydrogens is 192 g/mol. The molecule has 0 unspecified atom stereocenters. The van der Waals surface area contributed by atoms with Gasteiger partial charge in [-0.25, -0.2) is 9.36 Å². The number of hydrogen-bond donors (Lipinski definition) is 1. The van der Waals surface area contributed by atoms with E-state index in [9.17, 15) is 4.79 Å². The van der Waals surface area contributed by atoms with Crippen LogP contribution < -0.4 is 9.88 Å². The molecule has 4 heteroatoms. The number of pyridine rings is 1. The van der Waals surface area contributed by atoms with Gasteiger partial charge in [-0.1, -0.05) is 0 Å². The molecule has 15 heavy (non-hydrogen) atoms. The Kier molecular flexibility index (Phi) is 4.60. The lowest BCUT2D eigenvalue weighted by Crippen LogP contribution is -2.31. The summed E-state index contributed by atoms with van der Waals surface area (Å²) in [6.07, 6.45) is 3.61. The number of alkyl carbamates (subject to hydrolysis) is 1. The molecule has 0 bridgehead atoms. The summed E-state index contributed by atoms with van der Waals surface area (Å²) in [5.74, 6) is 0. The number of rotatable bonds is 4. The van der Waals surface area contributed by atoms with Gasteiger partial charge in [0.1, 0.15) is 6.54 Å². The summed E-state index contributed by atoms with van der Waals surface area (Å²) in [4.78, 5) is 11.0. The smallest absolute Gasteiger partial charge is 0.407 e. The van der Waals surface area contributed by atoms with E-state index in [1.165, 1.54) is 0 Å². The van der Waals surface area contributed by atoms with Crippen LogP contribution in [0.1, 0.15) is 19.4 Å². The van der Waals surface area contributed by atoms with Crippen LogP contribution in [-0.2, 0) is 17.8 Å². The van der Waals surface area contributed by atoms with Crippen LogP contribution >= 0.6 is 0 Å². The SMILES string of the molecule is CCOC(=O)NCc1cc[n+](CC)cc1. The molecule has 0 aromatic carbocycles. The lowest BCUT2D eigenvalue weighted by molar-refractivity contribution is -0.693. The van der Waals surface area contributed by atoms with E-state index in [-0.39, 0.29) is 6.09 Å². The third-order valence-electron chi connectivity index (χ3n) is 2.04. The third kappa shape index (κ3) is 3.97. The largest absolute Gasteiger partial charge is 0.450 e. The van der Waals surface area contributed by atoms with Crippen molar-refractivity contribution in [3.63, 3.8) is 0 Å². The first kappa shape index (κ1) is 11.5. The van der Waals surface area contributed by atoms with Gasteiger partial charge in [0.15, 0.2) is 12.4 Å². The number of carbonyl (C=O) groups excluding carboxylic acids is 1. The standard InChI is InChI=1S/C11H16N2O2/c1-3-13-7-5-10(6-8-13)9-12-11(14)15-4-2/h5-8H,3-4,9H2,1-2H3/p+1. The van der Waals surface area contributed by atoms with Crippen molar-refractivity contribution in [1.29, 1.82) is 0 Å². The maximum atomic E-state index is 11.0. The lowest BCUT2D eigenvalue weighted by Gasteiger charge is -2.04. The number of amides is 1. The van der Waals surface area contributed by atoms with Gasteiger partial charge < -0.3 is 10.1 Å². The molecule has 1 aromatic heterocycles. The Bertz CT molecular complexity index is 309. The van der Waals surface area contributed by atoms with E-state index in [2.05, 4.69) is 16.8 Å². The van der Waals surface area contributed by atoms with E-state index >= 15 is 0 Å². The summed E-state index contributed by atoms with van der Waals surface area (Å²) in [5.41, 5.74) is 1.06. The highest BCUT2D eigenvalue weighted by molar-refractivity contribution is 5.67. The molecule has 1 amide bonds. The van der Waals surface area contributed by atoms with Gasteiger partial charge in [-0.05, 0) is 19.4 Å². The molecule has 0 aliphatic heterocycles. The van der Waals surface area contributed by atoms with Crippen LogP contribution in [0.2, 0.25) is 0 Å². The third-order valence-corrected chi connectivity index (χ3v) is 2.04. The molecule has 1 N–H and O–H groups in total. The highest BCUT2D eigenvalue weighted by Crippen LogP contribution is 1.94. The van der Waals surface area contributed by atoms with E-state index in [1.54, 1.807) is 6.92 Å². The number of aryl methyl sites for hydroxylation is 1. The summed E-state index contributed by atoms with van der Waals surface area (Å²) < 4.78 is 6.82.